The number of phenols is 1. The maximum Gasteiger partial charge on any atom is 0.250 e. The summed E-state index contributed by atoms with van der Waals surface area (Å²) in [5.74, 6) is 2.20. The van der Waals surface area contributed by atoms with Crippen LogP contribution in [0.3, 0.4) is 0 Å². The van der Waals surface area contributed by atoms with E-state index in [9.17, 15) is 5.11 Å². The van der Waals surface area contributed by atoms with Gasteiger partial charge in [-0.05, 0) is 55.5 Å². The monoisotopic (exact) mass is 409 g/mol. The molecule has 160 valence electrons. The Bertz CT molecular complexity index is 786. The van der Waals surface area contributed by atoms with Crippen molar-refractivity contribution in [1.29, 1.82) is 0 Å². The molecule has 2 saturated heterocycles. The van der Waals surface area contributed by atoms with E-state index in [2.05, 4.69) is 30.3 Å². The maximum absolute atomic E-state index is 9.41. The summed E-state index contributed by atoms with van der Waals surface area (Å²) >= 11 is 0. The second-order valence-corrected chi connectivity index (χ2v) is 8.02. The number of phenolic OH excluding ortho intramolecular Hbond substituents is 1. The molecule has 30 heavy (non-hydrogen) atoms. The second-order valence-electron chi connectivity index (χ2n) is 8.02. The number of benzene rings is 1. The van der Waals surface area contributed by atoms with E-state index < -0.39 is 0 Å². The summed E-state index contributed by atoms with van der Waals surface area (Å²) < 4.78 is 0. The first-order valence-corrected chi connectivity index (χ1v) is 11.1. The standard InChI is InChI=1S/C22H31N7O/c30-19-11-9-18(10-12-19)17-23-27-20-24-21(28-13-5-1-2-6-14-28)26-22(25-20)29-15-7-3-4-8-16-29/h9-12,17,30H,1-8,13-16H2,(H,24,25,26,27)/b23-17+. The van der Waals surface area contributed by atoms with Gasteiger partial charge in [-0.3, -0.25) is 0 Å². The van der Waals surface area contributed by atoms with Gasteiger partial charge in [-0.1, -0.05) is 25.7 Å². The molecule has 1 aromatic carbocycles. The predicted molar refractivity (Wildman–Crippen MR) is 121 cm³/mol. The van der Waals surface area contributed by atoms with Crippen molar-refractivity contribution < 1.29 is 5.11 Å². The zero-order valence-corrected chi connectivity index (χ0v) is 17.5. The number of anilines is 3. The molecule has 2 aliphatic rings. The number of hydrazone groups is 1. The van der Waals surface area contributed by atoms with Crippen LogP contribution in [-0.2, 0) is 0 Å². The van der Waals surface area contributed by atoms with E-state index >= 15 is 0 Å². The lowest BCUT2D eigenvalue weighted by Crippen LogP contribution is -2.30. The van der Waals surface area contributed by atoms with Gasteiger partial charge in [0, 0.05) is 26.2 Å². The van der Waals surface area contributed by atoms with Crippen LogP contribution in [0.5, 0.6) is 5.75 Å². The van der Waals surface area contributed by atoms with Crippen LogP contribution in [0.2, 0.25) is 0 Å². The van der Waals surface area contributed by atoms with E-state index in [1.165, 1.54) is 51.4 Å². The van der Waals surface area contributed by atoms with E-state index in [0.29, 0.717) is 5.95 Å². The highest BCUT2D eigenvalue weighted by Gasteiger charge is 2.19. The summed E-state index contributed by atoms with van der Waals surface area (Å²) in [5, 5.41) is 13.7. The molecule has 1 aromatic heterocycles. The van der Waals surface area contributed by atoms with Gasteiger partial charge in [-0.25, -0.2) is 5.43 Å². The molecular formula is C22H31N7O. The Morgan fingerprint density at radius 2 is 1.23 bits per heavy atom. The summed E-state index contributed by atoms with van der Waals surface area (Å²) in [6.45, 7) is 3.94. The summed E-state index contributed by atoms with van der Waals surface area (Å²) in [5.41, 5.74) is 3.87. The molecule has 0 spiro atoms. The normalized spacial score (nSPS) is 18.3. The summed E-state index contributed by atoms with van der Waals surface area (Å²) in [7, 11) is 0. The highest BCUT2D eigenvalue weighted by Crippen LogP contribution is 2.22. The zero-order valence-electron chi connectivity index (χ0n) is 17.5. The molecule has 2 aliphatic heterocycles. The van der Waals surface area contributed by atoms with Gasteiger partial charge in [0.05, 0.1) is 6.21 Å². The highest BCUT2D eigenvalue weighted by atomic mass is 16.3. The van der Waals surface area contributed by atoms with Crippen molar-refractivity contribution in [2.75, 3.05) is 41.4 Å². The van der Waals surface area contributed by atoms with Crippen molar-refractivity contribution >= 4 is 24.1 Å². The van der Waals surface area contributed by atoms with Gasteiger partial charge in [0.25, 0.3) is 0 Å². The van der Waals surface area contributed by atoms with Crippen LogP contribution in [0.4, 0.5) is 17.8 Å². The van der Waals surface area contributed by atoms with Crippen LogP contribution in [0.15, 0.2) is 29.4 Å². The molecule has 0 radical (unpaired) electrons. The van der Waals surface area contributed by atoms with Gasteiger partial charge >= 0.3 is 0 Å². The van der Waals surface area contributed by atoms with Crippen molar-refractivity contribution in [1.82, 2.24) is 15.0 Å². The van der Waals surface area contributed by atoms with Crippen LogP contribution >= 0.6 is 0 Å². The molecule has 0 unspecified atom stereocenters. The molecule has 4 rings (SSSR count). The fourth-order valence-corrected chi connectivity index (χ4v) is 3.95. The van der Waals surface area contributed by atoms with Gasteiger partial charge in [0.2, 0.25) is 17.8 Å². The molecule has 2 fully saturated rings. The molecule has 2 N–H and O–H groups in total. The topological polar surface area (TPSA) is 89.8 Å². The Balaban J connectivity index is 1.56. The molecule has 0 amide bonds. The summed E-state index contributed by atoms with van der Waals surface area (Å²) in [6, 6.07) is 6.89. The average Bonchev–Trinajstić information content (AvgIpc) is 3.21. The van der Waals surface area contributed by atoms with Crippen LogP contribution in [0.1, 0.15) is 56.9 Å². The number of aromatic hydroxyl groups is 1. The molecule has 8 nitrogen and oxygen atoms in total. The van der Waals surface area contributed by atoms with Crippen molar-refractivity contribution in [2.45, 2.75) is 51.4 Å². The highest BCUT2D eigenvalue weighted by molar-refractivity contribution is 5.80. The molecule has 0 aliphatic carbocycles. The van der Waals surface area contributed by atoms with Gasteiger partial charge in [-0.15, -0.1) is 0 Å². The van der Waals surface area contributed by atoms with Gasteiger partial charge in [0.15, 0.2) is 0 Å². The van der Waals surface area contributed by atoms with Crippen LogP contribution in [0.25, 0.3) is 0 Å². The maximum atomic E-state index is 9.41. The average molecular weight is 410 g/mol. The lowest BCUT2D eigenvalue weighted by Gasteiger charge is -2.24. The molecular weight excluding hydrogens is 378 g/mol. The van der Waals surface area contributed by atoms with E-state index in [4.69, 9.17) is 4.98 Å². The van der Waals surface area contributed by atoms with Crippen molar-refractivity contribution in [3.05, 3.63) is 29.8 Å². The predicted octanol–water partition coefficient (Wildman–Crippen LogP) is 3.78. The molecule has 0 atom stereocenters. The Morgan fingerprint density at radius 3 is 1.73 bits per heavy atom. The largest absolute Gasteiger partial charge is 0.508 e. The van der Waals surface area contributed by atoms with Crippen molar-refractivity contribution in [3.8, 4) is 5.75 Å². The van der Waals surface area contributed by atoms with Crippen LogP contribution < -0.4 is 15.2 Å². The molecule has 0 saturated carbocycles. The van der Waals surface area contributed by atoms with Crippen molar-refractivity contribution in [3.63, 3.8) is 0 Å². The Morgan fingerprint density at radius 1 is 0.733 bits per heavy atom. The molecule has 0 bridgehead atoms. The SMILES string of the molecule is Oc1ccc(/C=N/Nc2nc(N3CCCCCC3)nc(N3CCCCCC3)n2)cc1. The minimum Gasteiger partial charge on any atom is -0.508 e. The number of nitrogens with zero attached hydrogens (tertiary/aromatic N) is 6. The molecule has 2 aromatic rings. The minimum absolute atomic E-state index is 0.238. The van der Waals surface area contributed by atoms with Gasteiger partial charge in [-0.2, -0.15) is 20.1 Å². The van der Waals surface area contributed by atoms with Crippen LogP contribution in [0, 0.1) is 0 Å². The number of hydrogen-bond donors (Lipinski definition) is 2. The fraction of sp³-hybridized carbons (Fsp3) is 0.545. The minimum atomic E-state index is 0.238. The zero-order chi connectivity index (χ0) is 20.6. The Labute approximate surface area is 178 Å². The third-order valence-corrected chi connectivity index (χ3v) is 5.66. The third kappa shape index (κ3) is 5.58. The first-order valence-electron chi connectivity index (χ1n) is 11.1. The number of rotatable bonds is 5. The van der Waals surface area contributed by atoms with Gasteiger partial charge < -0.3 is 14.9 Å². The summed E-state index contributed by atoms with van der Waals surface area (Å²) in [4.78, 5) is 18.8. The lowest BCUT2D eigenvalue weighted by atomic mass is 10.2. The first kappa shape index (κ1) is 20.4. The quantitative estimate of drug-likeness (QED) is 0.574. The van der Waals surface area contributed by atoms with E-state index in [-0.39, 0.29) is 5.75 Å². The lowest BCUT2D eigenvalue weighted by molar-refractivity contribution is 0.475. The Kier molecular flexibility index (Phi) is 6.95. The fourth-order valence-electron chi connectivity index (χ4n) is 3.95. The number of hydrogen-bond acceptors (Lipinski definition) is 8. The Hall–Kier alpha value is -2.90. The molecule has 3 heterocycles. The summed E-state index contributed by atoms with van der Waals surface area (Å²) in [6.07, 6.45) is 11.5. The second kappa shape index (κ2) is 10.2. The first-order chi connectivity index (χ1) is 14.8. The smallest absolute Gasteiger partial charge is 0.250 e. The van der Waals surface area contributed by atoms with Crippen molar-refractivity contribution in [2.24, 2.45) is 5.10 Å². The number of aromatic nitrogens is 3. The van der Waals surface area contributed by atoms with Gasteiger partial charge in [0.1, 0.15) is 5.75 Å². The van der Waals surface area contributed by atoms with E-state index in [0.717, 1.165) is 43.6 Å². The van der Waals surface area contributed by atoms with Crippen LogP contribution in [-0.4, -0.2) is 52.5 Å². The third-order valence-electron chi connectivity index (χ3n) is 5.66. The molecule has 8 heteroatoms. The number of nitrogens with one attached hydrogen (secondary N) is 1. The van der Waals surface area contributed by atoms with E-state index in [1.807, 2.05) is 0 Å². The van der Waals surface area contributed by atoms with E-state index in [1.54, 1.807) is 30.5 Å².